The van der Waals surface area contributed by atoms with E-state index in [-0.39, 0.29) is 0 Å². The van der Waals surface area contributed by atoms with Gasteiger partial charge in [-0.1, -0.05) is 41.7 Å². The Morgan fingerprint density at radius 3 is 2.35 bits per heavy atom. The first kappa shape index (κ1) is 10.7. The van der Waals surface area contributed by atoms with E-state index in [9.17, 15) is 4.79 Å². The molecular formula is C13H8O2S2. The van der Waals surface area contributed by atoms with Gasteiger partial charge in [-0.05, 0) is 24.3 Å². The van der Waals surface area contributed by atoms with E-state index >= 15 is 0 Å². The predicted octanol–water partition coefficient (Wildman–Crippen LogP) is 3.84. The minimum absolute atomic E-state index is 0.474. The standard InChI is InChI=1S/C13H8O2S2/c14-8-15-9-4-3-7-12-13(9)17-11-6-2-1-5-10(11)16-12/h1-8H. The molecule has 2 nitrogen and oxygen atoms in total. The fourth-order valence-electron chi connectivity index (χ4n) is 1.67. The van der Waals surface area contributed by atoms with Gasteiger partial charge in [0.05, 0.1) is 4.90 Å². The molecule has 1 aliphatic heterocycles. The summed E-state index contributed by atoms with van der Waals surface area (Å²) in [5.74, 6) is 0.629. The highest BCUT2D eigenvalue weighted by Gasteiger charge is 2.19. The fourth-order valence-corrected chi connectivity index (χ4v) is 3.98. The zero-order chi connectivity index (χ0) is 11.7. The molecule has 0 aromatic heterocycles. The zero-order valence-corrected chi connectivity index (χ0v) is 10.4. The van der Waals surface area contributed by atoms with Crippen LogP contribution in [0.15, 0.2) is 62.0 Å². The lowest BCUT2D eigenvalue weighted by Crippen LogP contribution is -1.95. The summed E-state index contributed by atoms with van der Waals surface area (Å²) in [5.41, 5.74) is 0. The molecule has 0 spiro atoms. The van der Waals surface area contributed by atoms with Crippen molar-refractivity contribution in [2.45, 2.75) is 19.6 Å². The predicted molar refractivity (Wildman–Crippen MR) is 67.8 cm³/mol. The fraction of sp³-hybridized carbons (Fsp3) is 0. The maximum Gasteiger partial charge on any atom is 0.298 e. The Morgan fingerprint density at radius 2 is 1.59 bits per heavy atom. The summed E-state index contributed by atoms with van der Waals surface area (Å²) in [6.07, 6.45) is 0. The largest absolute Gasteiger partial charge is 0.428 e. The highest BCUT2D eigenvalue weighted by atomic mass is 32.2. The van der Waals surface area contributed by atoms with Crippen LogP contribution in [0.5, 0.6) is 5.75 Å². The Hall–Kier alpha value is -1.39. The number of benzene rings is 2. The smallest absolute Gasteiger partial charge is 0.298 e. The van der Waals surface area contributed by atoms with Gasteiger partial charge in [-0.3, -0.25) is 4.79 Å². The summed E-state index contributed by atoms with van der Waals surface area (Å²) in [4.78, 5) is 15.1. The first-order valence-electron chi connectivity index (χ1n) is 5.06. The molecule has 0 amide bonds. The highest BCUT2D eigenvalue weighted by Crippen LogP contribution is 2.51. The van der Waals surface area contributed by atoms with E-state index in [1.807, 2.05) is 30.3 Å². The van der Waals surface area contributed by atoms with E-state index in [1.165, 1.54) is 9.79 Å². The van der Waals surface area contributed by atoms with Crippen molar-refractivity contribution < 1.29 is 9.53 Å². The van der Waals surface area contributed by atoms with Crippen molar-refractivity contribution in [2.75, 3.05) is 0 Å². The van der Waals surface area contributed by atoms with Gasteiger partial charge in [0.1, 0.15) is 5.75 Å². The molecule has 0 atom stereocenters. The lowest BCUT2D eigenvalue weighted by molar-refractivity contribution is -0.120. The van der Waals surface area contributed by atoms with Crippen LogP contribution in [0.1, 0.15) is 0 Å². The molecule has 17 heavy (non-hydrogen) atoms. The normalized spacial score (nSPS) is 12.5. The molecule has 1 heterocycles. The number of fused-ring (bicyclic) bond motifs is 2. The Morgan fingerprint density at radius 1 is 0.882 bits per heavy atom. The molecule has 0 bridgehead atoms. The van der Waals surface area contributed by atoms with Gasteiger partial charge in [-0.25, -0.2) is 0 Å². The Balaban J connectivity index is 2.08. The number of carbonyl (C=O) groups is 1. The average molecular weight is 260 g/mol. The quantitative estimate of drug-likeness (QED) is 0.654. The molecule has 0 saturated heterocycles. The van der Waals surface area contributed by atoms with Crippen LogP contribution in [-0.2, 0) is 4.79 Å². The Kier molecular flexibility index (Phi) is 2.82. The number of carbonyl (C=O) groups excluding carboxylic acids is 1. The summed E-state index contributed by atoms with van der Waals surface area (Å²) in [6, 6.07) is 14.0. The topological polar surface area (TPSA) is 26.3 Å². The molecule has 0 unspecified atom stereocenters. The zero-order valence-electron chi connectivity index (χ0n) is 8.75. The molecule has 0 saturated carbocycles. The average Bonchev–Trinajstić information content (AvgIpc) is 2.37. The summed E-state index contributed by atoms with van der Waals surface area (Å²) < 4.78 is 5.00. The summed E-state index contributed by atoms with van der Waals surface area (Å²) in [7, 11) is 0. The molecule has 0 radical (unpaired) electrons. The van der Waals surface area contributed by atoms with Gasteiger partial charge in [0, 0.05) is 14.7 Å². The van der Waals surface area contributed by atoms with E-state index in [0.29, 0.717) is 12.2 Å². The number of rotatable bonds is 2. The first-order chi connectivity index (χ1) is 8.38. The van der Waals surface area contributed by atoms with Gasteiger partial charge < -0.3 is 4.74 Å². The second kappa shape index (κ2) is 4.47. The second-order valence-corrected chi connectivity index (χ2v) is 5.58. The van der Waals surface area contributed by atoms with Crippen molar-refractivity contribution in [1.82, 2.24) is 0 Å². The van der Waals surface area contributed by atoms with E-state index in [4.69, 9.17) is 4.74 Å². The van der Waals surface area contributed by atoms with Crippen LogP contribution in [0.2, 0.25) is 0 Å². The third-order valence-corrected chi connectivity index (χ3v) is 4.99. The highest BCUT2D eigenvalue weighted by molar-refractivity contribution is 8.05. The minimum Gasteiger partial charge on any atom is -0.428 e. The molecule has 3 rings (SSSR count). The molecule has 0 aliphatic carbocycles. The molecule has 1 aliphatic rings. The lowest BCUT2D eigenvalue weighted by atomic mass is 10.3. The molecular weight excluding hydrogens is 252 g/mol. The SMILES string of the molecule is O=COc1cccc2c1Sc1ccccc1S2. The van der Waals surface area contributed by atoms with Gasteiger partial charge in [0.15, 0.2) is 0 Å². The van der Waals surface area contributed by atoms with Gasteiger partial charge >= 0.3 is 0 Å². The summed E-state index contributed by atoms with van der Waals surface area (Å²) in [6.45, 7) is 0.474. The third-order valence-electron chi connectivity index (χ3n) is 2.40. The van der Waals surface area contributed by atoms with E-state index in [2.05, 4.69) is 12.1 Å². The van der Waals surface area contributed by atoms with Crippen LogP contribution in [-0.4, -0.2) is 6.47 Å². The Labute approximate surface area is 107 Å². The number of ether oxygens (including phenoxy) is 1. The van der Waals surface area contributed by atoms with Crippen LogP contribution in [0.3, 0.4) is 0 Å². The monoisotopic (exact) mass is 260 g/mol. The van der Waals surface area contributed by atoms with Crippen molar-refractivity contribution in [3.63, 3.8) is 0 Å². The van der Waals surface area contributed by atoms with Crippen molar-refractivity contribution in [2.24, 2.45) is 0 Å². The lowest BCUT2D eigenvalue weighted by Gasteiger charge is -2.19. The van der Waals surface area contributed by atoms with E-state index in [0.717, 1.165) is 9.79 Å². The van der Waals surface area contributed by atoms with Crippen LogP contribution >= 0.6 is 23.5 Å². The maximum atomic E-state index is 10.5. The van der Waals surface area contributed by atoms with Crippen molar-refractivity contribution in [1.29, 1.82) is 0 Å². The van der Waals surface area contributed by atoms with E-state index in [1.54, 1.807) is 23.5 Å². The van der Waals surface area contributed by atoms with Crippen molar-refractivity contribution in [3.8, 4) is 5.75 Å². The van der Waals surface area contributed by atoms with Crippen LogP contribution in [0.25, 0.3) is 0 Å². The van der Waals surface area contributed by atoms with Crippen LogP contribution in [0.4, 0.5) is 0 Å². The Bertz CT molecular complexity index is 581. The van der Waals surface area contributed by atoms with Gasteiger partial charge in [0.2, 0.25) is 0 Å². The van der Waals surface area contributed by atoms with Crippen molar-refractivity contribution >= 4 is 30.0 Å². The molecule has 0 N–H and O–H groups in total. The summed E-state index contributed by atoms with van der Waals surface area (Å²) >= 11 is 3.35. The molecule has 84 valence electrons. The molecule has 4 heteroatoms. The van der Waals surface area contributed by atoms with Crippen LogP contribution in [0, 0.1) is 0 Å². The third kappa shape index (κ3) is 1.94. The molecule has 2 aromatic rings. The number of hydrogen-bond acceptors (Lipinski definition) is 4. The van der Waals surface area contributed by atoms with Gasteiger partial charge in [0.25, 0.3) is 6.47 Å². The van der Waals surface area contributed by atoms with Gasteiger partial charge in [-0.2, -0.15) is 0 Å². The summed E-state index contributed by atoms with van der Waals surface area (Å²) in [5, 5.41) is 0. The van der Waals surface area contributed by atoms with Crippen molar-refractivity contribution in [3.05, 3.63) is 42.5 Å². The maximum absolute atomic E-state index is 10.5. The number of hydrogen-bond donors (Lipinski definition) is 0. The second-order valence-electron chi connectivity index (χ2n) is 3.45. The van der Waals surface area contributed by atoms with Gasteiger partial charge in [-0.15, -0.1) is 0 Å². The first-order valence-corrected chi connectivity index (χ1v) is 6.70. The van der Waals surface area contributed by atoms with Crippen LogP contribution < -0.4 is 4.74 Å². The minimum atomic E-state index is 0.474. The molecule has 2 aromatic carbocycles. The molecule has 0 fully saturated rings. The van der Waals surface area contributed by atoms with E-state index < -0.39 is 0 Å².